The summed E-state index contributed by atoms with van der Waals surface area (Å²) in [5.41, 5.74) is 25.2. The van der Waals surface area contributed by atoms with Crippen molar-refractivity contribution in [1.29, 1.82) is 0 Å². The lowest BCUT2D eigenvalue weighted by atomic mass is 9.98. The SMILES string of the molecule is CC(C)Cc1ccc2nc(-c3ccccc3)ccc2c1.Cc1cc(C)cc(-c2ccc3c(CC(C)C)cccc3n2)c1.Cc1cc(C)cc(-c2ccc3cc(CC(C)C)ccc3n2)c1.Cc1cccc(-c2ccc3cc(CC(C)C)ccc3n2)c1. The van der Waals surface area contributed by atoms with Gasteiger partial charge in [0.05, 0.1) is 44.8 Å². The van der Waals surface area contributed by atoms with Gasteiger partial charge in [0.1, 0.15) is 0 Å². The second kappa shape index (κ2) is 28.3. The Kier molecular flexibility index (Phi) is 20.3. The molecule has 0 bridgehead atoms. The van der Waals surface area contributed by atoms with Crippen molar-refractivity contribution in [3.63, 3.8) is 0 Å². The van der Waals surface area contributed by atoms with Gasteiger partial charge in [-0.25, -0.2) is 19.9 Å². The van der Waals surface area contributed by atoms with Crippen LogP contribution in [0.3, 0.4) is 0 Å². The number of aromatic nitrogens is 4. The molecule has 12 rings (SSSR count). The van der Waals surface area contributed by atoms with Crippen LogP contribution in [0.25, 0.3) is 88.6 Å². The number of rotatable bonds is 12. The van der Waals surface area contributed by atoms with Gasteiger partial charge in [-0.1, -0.05) is 198 Å². The molecule has 0 radical (unpaired) electrons. The maximum Gasteiger partial charge on any atom is 0.0712 e. The standard InChI is InChI=1S/2C21H23N.C20H21N.C19H19N/c1-14(2)9-17-5-7-20-18(13-17)6-8-21(22-20)19-11-15(3)10-16(4)12-19;1-14(2)10-17-6-5-7-21-19(17)8-9-20(22-21)18-12-15(3)11-16(4)13-18;1-14(2)11-16-7-9-19-18(13-16)8-10-20(21-19)17-6-4-5-15(3)12-17;1-14(2)12-15-8-10-19-17(13-15)9-11-18(20-19)16-6-4-3-5-7-16/h5-8,10-14H,9H2,1-4H3;5-9,11-14H,10H2,1-4H3;4-10,12-14H,11H2,1-3H3;3-11,13-14H,12H2,1-2H3. The normalized spacial score (nSPS) is 11.3. The predicted molar refractivity (Wildman–Crippen MR) is 367 cm³/mol. The Morgan fingerprint density at radius 3 is 1.05 bits per heavy atom. The number of nitrogens with zero attached hydrogens (tertiary/aromatic N) is 4. The van der Waals surface area contributed by atoms with Crippen molar-refractivity contribution in [3.8, 4) is 45.0 Å². The second-order valence-corrected chi connectivity index (χ2v) is 25.2. The summed E-state index contributed by atoms with van der Waals surface area (Å²) in [6, 6.07) is 75.6. The van der Waals surface area contributed by atoms with Gasteiger partial charge < -0.3 is 0 Å². The van der Waals surface area contributed by atoms with Gasteiger partial charge in [0, 0.05) is 43.8 Å². The summed E-state index contributed by atoms with van der Waals surface area (Å²) in [6.07, 6.45) is 4.46. The lowest BCUT2D eigenvalue weighted by molar-refractivity contribution is 0.647. The van der Waals surface area contributed by atoms with Gasteiger partial charge in [-0.3, -0.25) is 0 Å². The molecule has 0 spiro atoms. The first-order valence-corrected chi connectivity index (χ1v) is 30.8. The minimum atomic E-state index is 0.657. The van der Waals surface area contributed by atoms with Gasteiger partial charge in [-0.05, 0) is 203 Å². The molecule has 12 aromatic rings. The Balaban J connectivity index is 0.000000136. The number of aryl methyl sites for hydroxylation is 5. The van der Waals surface area contributed by atoms with Crippen LogP contribution < -0.4 is 0 Å². The van der Waals surface area contributed by atoms with Crippen LogP contribution in [0.4, 0.5) is 0 Å². The maximum absolute atomic E-state index is 4.90. The Morgan fingerprint density at radius 1 is 0.259 bits per heavy atom. The smallest absolute Gasteiger partial charge is 0.0712 e. The molecule has 4 nitrogen and oxygen atoms in total. The van der Waals surface area contributed by atoms with Crippen molar-refractivity contribution in [1.82, 2.24) is 19.9 Å². The van der Waals surface area contributed by atoms with Crippen LogP contribution in [0.15, 0.2) is 212 Å². The van der Waals surface area contributed by atoms with Gasteiger partial charge in [0.2, 0.25) is 0 Å². The molecule has 430 valence electrons. The molecule has 0 aliphatic heterocycles. The number of hydrogen-bond acceptors (Lipinski definition) is 4. The first-order chi connectivity index (χ1) is 40.9. The van der Waals surface area contributed by atoms with Crippen molar-refractivity contribution in [2.24, 2.45) is 23.7 Å². The van der Waals surface area contributed by atoms with E-state index >= 15 is 0 Å². The Hall–Kier alpha value is -8.60. The fourth-order valence-corrected chi connectivity index (χ4v) is 11.5. The molecule has 4 aromatic heterocycles. The van der Waals surface area contributed by atoms with E-state index < -0.39 is 0 Å². The van der Waals surface area contributed by atoms with Crippen LogP contribution in [-0.2, 0) is 25.7 Å². The molecule has 0 aliphatic carbocycles. The highest BCUT2D eigenvalue weighted by Gasteiger charge is 2.11. The molecule has 85 heavy (non-hydrogen) atoms. The minimum Gasteiger partial charge on any atom is -0.248 e. The van der Waals surface area contributed by atoms with Crippen molar-refractivity contribution < 1.29 is 0 Å². The number of hydrogen-bond donors (Lipinski definition) is 0. The highest BCUT2D eigenvalue weighted by atomic mass is 14.7. The zero-order chi connectivity index (χ0) is 60.1. The third-order valence-corrected chi connectivity index (χ3v) is 15.1. The largest absolute Gasteiger partial charge is 0.248 e. The lowest BCUT2D eigenvalue weighted by Crippen LogP contribution is -1.96. The third kappa shape index (κ3) is 17.0. The molecule has 4 heteroatoms. The summed E-state index contributed by atoms with van der Waals surface area (Å²) < 4.78 is 0. The highest BCUT2D eigenvalue weighted by molar-refractivity contribution is 5.86. The Morgan fingerprint density at radius 2 is 0.624 bits per heavy atom. The van der Waals surface area contributed by atoms with Gasteiger partial charge in [0.15, 0.2) is 0 Å². The molecule has 0 amide bonds. The summed E-state index contributed by atoms with van der Waals surface area (Å²) in [7, 11) is 0. The third-order valence-electron chi connectivity index (χ3n) is 15.1. The van der Waals surface area contributed by atoms with E-state index in [1.807, 2.05) is 18.2 Å². The molecule has 4 heterocycles. The van der Waals surface area contributed by atoms with E-state index in [0.29, 0.717) is 23.7 Å². The van der Waals surface area contributed by atoms with Crippen molar-refractivity contribution in [2.45, 2.75) is 116 Å². The van der Waals surface area contributed by atoms with E-state index in [1.165, 1.54) is 93.9 Å². The molecule has 8 aromatic carbocycles. The Bertz CT molecular complexity index is 4170. The number of fused-ring (bicyclic) bond motifs is 4. The first kappa shape index (κ1) is 61.0. The van der Waals surface area contributed by atoms with Crippen LogP contribution in [-0.4, -0.2) is 19.9 Å². The summed E-state index contributed by atoms with van der Waals surface area (Å²) in [4.78, 5) is 19.3. The molecule has 0 fully saturated rings. The quantitative estimate of drug-likeness (QED) is 0.122. The molecular weight excluding hydrogens is 1030 g/mol. The maximum atomic E-state index is 4.90. The molecule has 0 N–H and O–H groups in total. The molecule has 0 saturated heterocycles. The summed E-state index contributed by atoms with van der Waals surface area (Å²) in [5.74, 6) is 2.70. The number of benzene rings is 8. The molecule has 0 saturated carbocycles. The van der Waals surface area contributed by atoms with Gasteiger partial charge >= 0.3 is 0 Å². The zero-order valence-corrected chi connectivity index (χ0v) is 52.6. The zero-order valence-electron chi connectivity index (χ0n) is 52.6. The van der Waals surface area contributed by atoms with E-state index in [9.17, 15) is 0 Å². The van der Waals surface area contributed by atoms with Gasteiger partial charge in [0.25, 0.3) is 0 Å². The highest BCUT2D eigenvalue weighted by Crippen LogP contribution is 2.29. The fourth-order valence-electron chi connectivity index (χ4n) is 11.5. The van der Waals surface area contributed by atoms with Crippen LogP contribution in [0.2, 0.25) is 0 Å². The summed E-state index contributed by atoms with van der Waals surface area (Å²) in [6.45, 7) is 28.7. The molecule has 0 atom stereocenters. The average molecular weight is 1120 g/mol. The first-order valence-electron chi connectivity index (χ1n) is 30.8. The van der Waals surface area contributed by atoms with Crippen molar-refractivity contribution in [3.05, 3.63) is 262 Å². The number of pyridine rings is 4. The monoisotopic (exact) mass is 1110 g/mol. The molecular formula is C81H86N4. The van der Waals surface area contributed by atoms with E-state index in [4.69, 9.17) is 19.9 Å². The van der Waals surface area contributed by atoms with E-state index in [1.54, 1.807) is 0 Å². The van der Waals surface area contributed by atoms with E-state index in [0.717, 1.165) is 70.5 Å². The average Bonchev–Trinajstić information content (AvgIpc) is 3.39. The summed E-state index contributed by atoms with van der Waals surface area (Å²) in [5, 5.41) is 4.96. The van der Waals surface area contributed by atoms with Crippen molar-refractivity contribution >= 4 is 43.6 Å². The van der Waals surface area contributed by atoms with E-state index in [2.05, 4.69) is 284 Å². The van der Waals surface area contributed by atoms with Gasteiger partial charge in [-0.15, -0.1) is 0 Å². The Labute approximate surface area is 507 Å². The van der Waals surface area contributed by atoms with Crippen LogP contribution in [0.1, 0.15) is 105 Å². The van der Waals surface area contributed by atoms with Crippen molar-refractivity contribution in [2.75, 3.05) is 0 Å². The van der Waals surface area contributed by atoms with Crippen LogP contribution in [0, 0.1) is 58.3 Å². The van der Waals surface area contributed by atoms with Crippen LogP contribution in [0.5, 0.6) is 0 Å². The van der Waals surface area contributed by atoms with E-state index in [-0.39, 0.29) is 0 Å². The second-order valence-electron chi connectivity index (χ2n) is 25.2. The molecule has 0 aliphatic rings. The minimum absolute atomic E-state index is 0.657. The lowest BCUT2D eigenvalue weighted by Gasteiger charge is -2.10. The van der Waals surface area contributed by atoms with Gasteiger partial charge in [-0.2, -0.15) is 0 Å². The van der Waals surface area contributed by atoms with Crippen LogP contribution >= 0.6 is 0 Å². The fraction of sp³-hybridized carbons (Fsp3) is 0.259. The molecule has 0 unspecified atom stereocenters. The topological polar surface area (TPSA) is 51.6 Å². The summed E-state index contributed by atoms with van der Waals surface area (Å²) >= 11 is 0. The predicted octanol–water partition coefficient (Wildman–Crippen LogP) is 21.9.